The molecule has 0 aromatic heterocycles. The van der Waals surface area contributed by atoms with E-state index in [0.717, 1.165) is 10.2 Å². The van der Waals surface area contributed by atoms with Gasteiger partial charge in [-0.1, -0.05) is 0 Å². The fourth-order valence-corrected chi connectivity index (χ4v) is 2.11. The summed E-state index contributed by atoms with van der Waals surface area (Å²) in [6.07, 6.45) is 0. The second-order valence-electron chi connectivity index (χ2n) is 1.96. The Morgan fingerprint density at radius 2 is 2.45 bits per heavy atom. The van der Waals surface area contributed by atoms with E-state index >= 15 is 0 Å². The van der Waals surface area contributed by atoms with Crippen LogP contribution in [-0.4, -0.2) is 22.1 Å². The first-order valence-electron chi connectivity index (χ1n) is 4.35. The van der Waals surface area contributed by atoms with Crippen molar-refractivity contribution in [3.63, 3.8) is 0 Å². The maximum absolute atomic E-state index is 7.48. The van der Waals surface area contributed by atoms with Gasteiger partial charge in [0.1, 0.15) is 0 Å². The molecule has 60 valence electrons. The van der Waals surface area contributed by atoms with Crippen molar-refractivity contribution in [1.82, 2.24) is 0 Å². The van der Waals surface area contributed by atoms with Gasteiger partial charge in [-0.15, -0.1) is 0 Å². The first-order valence-corrected chi connectivity index (χ1v) is 5.06. The van der Waals surface area contributed by atoms with Gasteiger partial charge < -0.3 is 0 Å². The third kappa shape index (κ3) is 2.25. The van der Waals surface area contributed by atoms with Crippen molar-refractivity contribution in [2.45, 2.75) is 12.2 Å². The zero-order valence-corrected chi connectivity index (χ0v) is 8.34. The Balaban J connectivity index is 2.87. The minimum atomic E-state index is -1.12. The number of methoxy groups -OCH3 is 1. The fourth-order valence-electron chi connectivity index (χ4n) is 0.813. The number of benzene rings is 1. The van der Waals surface area contributed by atoms with Crippen LogP contribution in [0.2, 0.25) is 5.27 Å². The molecule has 1 atom stereocenters. The third-order valence-electron chi connectivity index (χ3n) is 1.28. The van der Waals surface area contributed by atoms with Gasteiger partial charge in [0.05, 0.1) is 0 Å². The molecule has 0 aliphatic rings. The van der Waals surface area contributed by atoms with Gasteiger partial charge in [-0.3, -0.25) is 0 Å². The monoisotopic (exact) mass is 217 g/mol. The second-order valence-corrected chi connectivity index (χ2v) is 4.16. The number of ether oxygens (including phenoxy) is 1. The van der Waals surface area contributed by atoms with Gasteiger partial charge in [-0.25, -0.2) is 0 Å². The molecule has 0 fully saturated rings. The van der Waals surface area contributed by atoms with E-state index in [0.29, 0.717) is 0 Å². The molecule has 1 rings (SSSR count). The van der Waals surface area contributed by atoms with Gasteiger partial charge in [-0.2, -0.15) is 0 Å². The van der Waals surface area contributed by atoms with E-state index in [9.17, 15) is 0 Å². The zero-order chi connectivity index (χ0) is 9.90. The van der Waals surface area contributed by atoms with Crippen molar-refractivity contribution < 1.29 is 7.48 Å². The van der Waals surface area contributed by atoms with E-state index in [1.807, 2.05) is 24.3 Å². The van der Waals surface area contributed by atoms with Crippen LogP contribution in [0.5, 0.6) is 5.75 Å². The Bertz CT molecular complexity index is 283. The Morgan fingerprint density at radius 3 is 3.09 bits per heavy atom. The summed E-state index contributed by atoms with van der Waals surface area (Å²) < 4.78 is 21.1. The molecule has 0 bridgehead atoms. The van der Waals surface area contributed by atoms with Crippen LogP contribution < -0.4 is 9.20 Å². The van der Waals surface area contributed by atoms with Crippen molar-refractivity contribution in [2.24, 2.45) is 0 Å². The average Bonchev–Trinajstić information content (AvgIpc) is 2.02. The summed E-state index contributed by atoms with van der Waals surface area (Å²) in [4.78, 5) is 0. The Labute approximate surface area is 76.7 Å². The van der Waals surface area contributed by atoms with Crippen molar-refractivity contribution >= 4 is 19.4 Å². The molecule has 11 heavy (non-hydrogen) atoms. The number of rotatable bonds is 3. The zero-order valence-electron chi connectivity index (χ0n) is 8.63. The molecule has 0 heterocycles. The summed E-state index contributed by atoms with van der Waals surface area (Å²) in [6.45, 7) is 1.60. The molecule has 2 heteroatoms. The van der Waals surface area contributed by atoms with E-state index < -0.39 is 5.27 Å². The average molecular weight is 216 g/mol. The van der Waals surface area contributed by atoms with Crippen LogP contribution in [0.25, 0.3) is 0 Å². The van der Waals surface area contributed by atoms with Gasteiger partial charge in [0, 0.05) is 0 Å². The van der Waals surface area contributed by atoms with Crippen LogP contribution in [0, 0.1) is 0 Å². The van der Waals surface area contributed by atoms with Gasteiger partial charge in [0.25, 0.3) is 0 Å². The predicted octanol–water partition coefficient (Wildman–Crippen LogP) is 1.46. The van der Waals surface area contributed by atoms with E-state index in [4.69, 9.17) is 7.48 Å². The summed E-state index contributed by atoms with van der Waals surface area (Å²) in [5.74, 6) is 0.785. The molecule has 0 radical (unpaired) electrons. The number of hydrogen-bond acceptors (Lipinski definition) is 1. The number of para-hydroxylation sites is 1. The first-order chi connectivity index (χ1) is 6.03. The van der Waals surface area contributed by atoms with E-state index in [-0.39, 0.29) is 15.0 Å². The summed E-state index contributed by atoms with van der Waals surface area (Å²) in [5.41, 5.74) is 0. The van der Waals surface area contributed by atoms with Gasteiger partial charge in [0.2, 0.25) is 0 Å². The standard InChI is InChI=1S/C9H12OSe/c1-3-11-9-7-5-4-6-8(9)10-2/h4-7H,3H2,1-2H3/i3DH. The van der Waals surface area contributed by atoms with Crippen LogP contribution in [0.15, 0.2) is 24.3 Å². The SMILES string of the molecule is [1H]C([2H])(C)[Se]c1ccccc1OC. The second kappa shape index (κ2) is 4.42. The quantitative estimate of drug-likeness (QED) is 0.695. The van der Waals surface area contributed by atoms with Crippen LogP contribution >= 0.6 is 0 Å². The Morgan fingerprint density at radius 1 is 1.73 bits per heavy atom. The molecule has 0 amide bonds. The molecule has 0 spiro atoms. The summed E-state index contributed by atoms with van der Waals surface area (Å²) in [7, 11) is 1.61. The topological polar surface area (TPSA) is 9.23 Å². The molecular weight excluding hydrogens is 203 g/mol. The fraction of sp³-hybridized carbons (Fsp3) is 0.333. The molecule has 0 saturated carbocycles. The van der Waals surface area contributed by atoms with E-state index in [1.54, 1.807) is 14.0 Å². The van der Waals surface area contributed by atoms with E-state index in [2.05, 4.69) is 0 Å². The van der Waals surface area contributed by atoms with Crippen LogP contribution in [0.4, 0.5) is 0 Å². The Kier molecular flexibility index (Phi) is 2.45. The molecule has 1 nitrogen and oxygen atoms in total. The van der Waals surface area contributed by atoms with Crippen molar-refractivity contribution in [3.05, 3.63) is 24.3 Å². The number of hydrogen-bond donors (Lipinski definition) is 0. The molecule has 0 N–H and O–H groups in total. The normalized spacial score (nSPS) is 18.0. The molecule has 0 saturated heterocycles. The van der Waals surface area contributed by atoms with Crippen molar-refractivity contribution in [1.29, 1.82) is 0 Å². The molecular formula is C9H12OSe. The van der Waals surface area contributed by atoms with Gasteiger partial charge in [-0.05, 0) is 0 Å². The van der Waals surface area contributed by atoms with Crippen LogP contribution in [0.1, 0.15) is 9.67 Å². The first kappa shape index (κ1) is 6.10. The molecule has 1 aromatic carbocycles. The third-order valence-corrected chi connectivity index (χ3v) is 2.88. The summed E-state index contributed by atoms with van der Waals surface area (Å²) in [6, 6.07) is 7.58. The summed E-state index contributed by atoms with van der Waals surface area (Å²) >= 11 is -0.195. The van der Waals surface area contributed by atoms with Gasteiger partial charge >= 0.3 is 76.2 Å². The molecule has 0 aliphatic carbocycles. The molecule has 1 unspecified atom stereocenters. The predicted molar refractivity (Wildman–Crippen MR) is 48.9 cm³/mol. The van der Waals surface area contributed by atoms with E-state index in [1.165, 1.54) is 0 Å². The summed E-state index contributed by atoms with van der Waals surface area (Å²) in [5, 5.41) is -1.12. The maximum atomic E-state index is 7.48. The van der Waals surface area contributed by atoms with Crippen molar-refractivity contribution in [3.8, 4) is 5.75 Å². The van der Waals surface area contributed by atoms with Crippen molar-refractivity contribution in [2.75, 3.05) is 7.11 Å². The Hall–Kier alpha value is -0.461. The minimum absolute atomic E-state index is 0.195. The molecule has 1 aromatic rings. The molecule has 0 aliphatic heterocycles. The van der Waals surface area contributed by atoms with Gasteiger partial charge in [0.15, 0.2) is 0 Å². The van der Waals surface area contributed by atoms with Crippen LogP contribution in [-0.2, 0) is 0 Å². The van der Waals surface area contributed by atoms with Crippen LogP contribution in [0.3, 0.4) is 0 Å².